The molecule has 0 aliphatic heterocycles. The summed E-state index contributed by atoms with van der Waals surface area (Å²) in [6.45, 7) is 0. The molecule has 2 rings (SSSR count). The van der Waals surface area contributed by atoms with Crippen molar-refractivity contribution >= 4 is 9.84 Å². The summed E-state index contributed by atoms with van der Waals surface area (Å²) in [6, 6.07) is 0.526. The average Bonchev–Trinajstić information content (AvgIpc) is 2.68. The monoisotopic (exact) mass is 301 g/mol. The van der Waals surface area contributed by atoms with E-state index in [0.717, 1.165) is 25.2 Å². The predicted molar refractivity (Wildman–Crippen MR) is 84.6 cm³/mol. The third-order valence-corrected chi connectivity index (χ3v) is 7.16. The van der Waals surface area contributed by atoms with Crippen LogP contribution >= 0.6 is 0 Å². The number of hydrogen-bond acceptors (Lipinski definition) is 3. The Bertz CT molecular complexity index is 385. The van der Waals surface area contributed by atoms with Crippen molar-refractivity contribution in [1.29, 1.82) is 0 Å². The standard InChI is InChI=1S/C16H31NO2S/c1-17-16(13-8-5-3-4-6-9-13)14-10-7-11-15(12-14)20(2,18)19/h13-17H,3-12H2,1-2H3. The minimum atomic E-state index is -2.87. The number of sulfone groups is 1. The highest BCUT2D eigenvalue weighted by atomic mass is 32.2. The van der Waals surface area contributed by atoms with E-state index in [0.29, 0.717) is 12.0 Å². The first-order chi connectivity index (χ1) is 9.52. The van der Waals surface area contributed by atoms with E-state index >= 15 is 0 Å². The Labute approximate surface area is 124 Å². The molecule has 4 heteroatoms. The Kier molecular flexibility index (Phi) is 5.91. The number of nitrogens with one attached hydrogen (secondary N) is 1. The second kappa shape index (κ2) is 7.26. The fourth-order valence-corrected chi connectivity index (χ4v) is 5.61. The molecule has 2 aliphatic rings. The third-order valence-electron chi connectivity index (χ3n) is 5.52. The van der Waals surface area contributed by atoms with Gasteiger partial charge in [-0.2, -0.15) is 0 Å². The van der Waals surface area contributed by atoms with Crippen molar-refractivity contribution in [3.8, 4) is 0 Å². The molecule has 118 valence electrons. The van der Waals surface area contributed by atoms with E-state index in [1.54, 1.807) is 0 Å². The second-order valence-corrected chi connectivity index (χ2v) is 9.27. The zero-order valence-corrected chi connectivity index (χ0v) is 13.9. The second-order valence-electron chi connectivity index (χ2n) is 6.94. The maximum atomic E-state index is 11.9. The smallest absolute Gasteiger partial charge is 0.150 e. The lowest BCUT2D eigenvalue weighted by atomic mass is 9.76. The molecule has 0 saturated heterocycles. The molecule has 20 heavy (non-hydrogen) atoms. The molecule has 2 aliphatic carbocycles. The first-order valence-corrected chi connectivity index (χ1v) is 10.3. The van der Waals surface area contributed by atoms with Crippen molar-refractivity contribution in [2.75, 3.05) is 13.3 Å². The van der Waals surface area contributed by atoms with Crippen molar-refractivity contribution in [1.82, 2.24) is 5.32 Å². The lowest BCUT2D eigenvalue weighted by molar-refractivity contribution is 0.202. The summed E-state index contributed by atoms with van der Waals surface area (Å²) in [7, 11) is -0.797. The highest BCUT2D eigenvalue weighted by Crippen LogP contribution is 2.36. The molecule has 0 heterocycles. The van der Waals surface area contributed by atoms with E-state index in [1.165, 1.54) is 51.2 Å². The highest BCUT2D eigenvalue weighted by molar-refractivity contribution is 7.91. The van der Waals surface area contributed by atoms with Crippen molar-refractivity contribution in [2.24, 2.45) is 11.8 Å². The molecule has 3 unspecified atom stereocenters. The van der Waals surface area contributed by atoms with Gasteiger partial charge in [0, 0.05) is 12.3 Å². The summed E-state index contributed by atoms with van der Waals surface area (Å²) in [4.78, 5) is 0. The molecular weight excluding hydrogens is 270 g/mol. The molecule has 0 bridgehead atoms. The molecular formula is C16H31NO2S. The van der Waals surface area contributed by atoms with Gasteiger partial charge in [0.1, 0.15) is 9.84 Å². The molecule has 3 atom stereocenters. The lowest BCUT2D eigenvalue weighted by Crippen LogP contribution is -2.44. The van der Waals surface area contributed by atoms with E-state index in [2.05, 4.69) is 12.4 Å². The van der Waals surface area contributed by atoms with Crippen LogP contribution in [-0.4, -0.2) is 33.0 Å². The molecule has 2 fully saturated rings. The van der Waals surface area contributed by atoms with Gasteiger partial charge in [-0.05, 0) is 51.0 Å². The molecule has 2 saturated carbocycles. The van der Waals surface area contributed by atoms with Crippen LogP contribution in [0.4, 0.5) is 0 Å². The molecule has 3 nitrogen and oxygen atoms in total. The lowest BCUT2D eigenvalue weighted by Gasteiger charge is -2.38. The quantitative estimate of drug-likeness (QED) is 0.811. The van der Waals surface area contributed by atoms with E-state index in [9.17, 15) is 8.42 Å². The molecule has 0 aromatic rings. The van der Waals surface area contributed by atoms with Gasteiger partial charge in [-0.3, -0.25) is 0 Å². The van der Waals surface area contributed by atoms with Crippen LogP contribution in [0.1, 0.15) is 64.2 Å². The van der Waals surface area contributed by atoms with Gasteiger partial charge < -0.3 is 5.32 Å². The van der Waals surface area contributed by atoms with Crippen LogP contribution in [0.25, 0.3) is 0 Å². The van der Waals surface area contributed by atoms with Gasteiger partial charge in [0.15, 0.2) is 0 Å². The predicted octanol–water partition coefficient (Wildman–Crippen LogP) is 3.15. The summed E-state index contributed by atoms with van der Waals surface area (Å²) in [5.74, 6) is 1.31. The maximum Gasteiger partial charge on any atom is 0.150 e. The summed E-state index contributed by atoms with van der Waals surface area (Å²) < 4.78 is 23.7. The third kappa shape index (κ3) is 4.20. The Morgan fingerprint density at radius 3 is 2.05 bits per heavy atom. The van der Waals surface area contributed by atoms with E-state index in [-0.39, 0.29) is 5.25 Å². The molecule has 0 spiro atoms. The Morgan fingerprint density at radius 2 is 1.50 bits per heavy atom. The van der Waals surface area contributed by atoms with Crippen LogP contribution < -0.4 is 5.32 Å². The van der Waals surface area contributed by atoms with Crippen LogP contribution in [0.2, 0.25) is 0 Å². The van der Waals surface area contributed by atoms with Gasteiger partial charge >= 0.3 is 0 Å². The molecule has 0 amide bonds. The largest absolute Gasteiger partial charge is 0.316 e. The zero-order valence-electron chi connectivity index (χ0n) is 13.1. The summed E-state index contributed by atoms with van der Waals surface area (Å²) >= 11 is 0. The first kappa shape index (κ1) is 16.3. The fraction of sp³-hybridized carbons (Fsp3) is 1.00. The molecule has 0 aromatic carbocycles. The Balaban J connectivity index is 2.02. The minimum absolute atomic E-state index is 0.0946. The van der Waals surface area contributed by atoms with Gasteiger partial charge in [-0.15, -0.1) is 0 Å². The van der Waals surface area contributed by atoms with E-state index in [1.807, 2.05) is 0 Å². The first-order valence-electron chi connectivity index (χ1n) is 8.38. The van der Waals surface area contributed by atoms with Gasteiger partial charge in [0.2, 0.25) is 0 Å². The summed E-state index contributed by atoms with van der Waals surface area (Å²) in [5.41, 5.74) is 0. The van der Waals surface area contributed by atoms with Crippen molar-refractivity contribution in [2.45, 2.75) is 75.5 Å². The molecule has 0 aromatic heterocycles. The Morgan fingerprint density at radius 1 is 0.900 bits per heavy atom. The normalized spacial score (nSPS) is 31.7. The van der Waals surface area contributed by atoms with Gasteiger partial charge in [-0.1, -0.05) is 32.1 Å². The Hall–Kier alpha value is -0.0900. The van der Waals surface area contributed by atoms with Gasteiger partial charge in [0.05, 0.1) is 5.25 Å². The van der Waals surface area contributed by atoms with Crippen molar-refractivity contribution in [3.63, 3.8) is 0 Å². The van der Waals surface area contributed by atoms with E-state index < -0.39 is 9.84 Å². The zero-order chi connectivity index (χ0) is 14.6. The van der Waals surface area contributed by atoms with Gasteiger partial charge in [0.25, 0.3) is 0 Å². The summed E-state index contributed by atoms with van der Waals surface area (Å²) in [5, 5.41) is 3.45. The number of hydrogen-bond donors (Lipinski definition) is 1. The van der Waals surface area contributed by atoms with E-state index in [4.69, 9.17) is 0 Å². The van der Waals surface area contributed by atoms with Crippen LogP contribution in [0.5, 0.6) is 0 Å². The maximum absolute atomic E-state index is 11.9. The van der Waals surface area contributed by atoms with Crippen LogP contribution in [-0.2, 0) is 9.84 Å². The minimum Gasteiger partial charge on any atom is -0.316 e. The fourth-order valence-electron chi connectivity index (χ4n) is 4.42. The molecule has 0 radical (unpaired) electrons. The summed E-state index contributed by atoms with van der Waals surface area (Å²) in [6.07, 6.45) is 13.6. The van der Waals surface area contributed by atoms with Gasteiger partial charge in [-0.25, -0.2) is 8.42 Å². The average molecular weight is 301 g/mol. The topological polar surface area (TPSA) is 46.2 Å². The van der Waals surface area contributed by atoms with Crippen molar-refractivity contribution < 1.29 is 8.42 Å². The highest BCUT2D eigenvalue weighted by Gasteiger charge is 2.35. The van der Waals surface area contributed by atoms with Crippen LogP contribution in [0, 0.1) is 11.8 Å². The SMILES string of the molecule is CNC(C1CCCCCC1)C1CCCC(S(C)(=O)=O)C1. The van der Waals surface area contributed by atoms with Crippen LogP contribution in [0.3, 0.4) is 0 Å². The van der Waals surface area contributed by atoms with Crippen molar-refractivity contribution in [3.05, 3.63) is 0 Å². The molecule has 1 N–H and O–H groups in total. The van der Waals surface area contributed by atoms with Crippen LogP contribution in [0.15, 0.2) is 0 Å². The number of rotatable bonds is 4.